The summed E-state index contributed by atoms with van der Waals surface area (Å²) in [5, 5.41) is 2.11. The maximum absolute atomic E-state index is 12.9. The molecule has 0 spiro atoms. The molecule has 4 rings (SSSR count). The van der Waals surface area contributed by atoms with Gasteiger partial charge in [0.15, 0.2) is 11.9 Å². The molecule has 1 fully saturated rings. The number of alkyl carbamates (subject to hydrolysis) is 1. The van der Waals surface area contributed by atoms with Crippen molar-refractivity contribution in [2.24, 2.45) is 0 Å². The monoisotopic (exact) mass is 419 g/mol. The largest absolute Gasteiger partial charge is 0.457 e. The third-order valence-corrected chi connectivity index (χ3v) is 5.24. The molecule has 1 heterocycles. The van der Waals surface area contributed by atoms with Crippen LogP contribution in [-0.2, 0) is 22.1 Å². The van der Waals surface area contributed by atoms with Gasteiger partial charge < -0.3 is 9.47 Å². The summed E-state index contributed by atoms with van der Waals surface area (Å²) >= 11 is 0. The van der Waals surface area contributed by atoms with Crippen molar-refractivity contribution in [2.75, 3.05) is 0 Å². The van der Waals surface area contributed by atoms with Crippen LogP contribution >= 0.6 is 0 Å². The summed E-state index contributed by atoms with van der Waals surface area (Å²) in [6, 6.07) is 7.81. The van der Waals surface area contributed by atoms with Gasteiger partial charge in [0.25, 0.3) is 5.91 Å². The van der Waals surface area contributed by atoms with E-state index in [1.54, 1.807) is 18.2 Å². The molecule has 0 saturated carbocycles. The van der Waals surface area contributed by atoms with Crippen LogP contribution in [0.5, 0.6) is 11.5 Å². The molecule has 1 aliphatic carbocycles. The molecule has 2 aromatic carbocycles. The van der Waals surface area contributed by atoms with E-state index in [-0.39, 0.29) is 17.2 Å². The van der Waals surface area contributed by atoms with E-state index in [2.05, 4.69) is 5.32 Å². The number of alkyl halides is 3. The summed E-state index contributed by atoms with van der Waals surface area (Å²) in [6.45, 7) is 1.17. The van der Waals surface area contributed by atoms with Crippen LogP contribution in [0.3, 0.4) is 0 Å². The Labute approximate surface area is 169 Å². The number of hydrogen-bond donors (Lipinski definition) is 1. The van der Waals surface area contributed by atoms with E-state index >= 15 is 0 Å². The number of rotatable bonds is 4. The summed E-state index contributed by atoms with van der Waals surface area (Å²) in [7, 11) is 0. The van der Waals surface area contributed by atoms with Crippen LogP contribution in [0.1, 0.15) is 46.3 Å². The lowest BCUT2D eigenvalue weighted by Crippen LogP contribution is -2.28. The summed E-state index contributed by atoms with van der Waals surface area (Å²) in [5.74, 6) is -0.932. The lowest BCUT2D eigenvalue weighted by Gasteiger charge is -2.17. The number of ether oxygens (including phenoxy) is 2. The van der Waals surface area contributed by atoms with E-state index in [1.807, 2.05) is 0 Å². The first kappa shape index (κ1) is 19.9. The number of ketones is 1. The second-order valence-corrected chi connectivity index (χ2v) is 7.19. The van der Waals surface area contributed by atoms with Crippen LogP contribution in [0.25, 0.3) is 0 Å². The molecule has 156 valence electrons. The van der Waals surface area contributed by atoms with Crippen molar-refractivity contribution in [3.63, 3.8) is 0 Å². The maximum Gasteiger partial charge on any atom is 0.416 e. The zero-order chi connectivity index (χ0) is 21.6. The standard InChI is InChI=1S/C21H16F3NO5/c1-10(26)16-9-12(21(22,23)24)3-7-17(16)29-13-4-6-14-11(8-13)2-5-15(14)18-19(27)25-20(28)30-18/h3-4,6-9,15,18H,2,5H2,1H3,(H,25,27,28)/t15-,18?/m1/s1. The summed E-state index contributed by atoms with van der Waals surface area (Å²) in [5.41, 5.74) is 0.625. The van der Waals surface area contributed by atoms with Gasteiger partial charge in [0, 0.05) is 5.92 Å². The molecule has 6 nitrogen and oxygen atoms in total. The molecule has 2 aliphatic rings. The SMILES string of the molecule is CC(=O)c1cc(C(F)(F)F)ccc1Oc1ccc2c(c1)CC[C@H]2C1OC(=O)NC1=O. The molecule has 1 saturated heterocycles. The van der Waals surface area contributed by atoms with Gasteiger partial charge >= 0.3 is 12.3 Å². The number of halogens is 3. The molecule has 1 unspecified atom stereocenters. The highest BCUT2D eigenvalue weighted by Gasteiger charge is 2.42. The Morgan fingerprint density at radius 3 is 2.57 bits per heavy atom. The number of carbonyl (C=O) groups is 3. The Kier molecular flexibility index (Phi) is 4.76. The first-order chi connectivity index (χ1) is 14.1. The number of hydrogen-bond acceptors (Lipinski definition) is 5. The fourth-order valence-electron chi connectivity index (χ4n) is 3.84. The molecule has 0 aromatic heterocycles. The summed E-state index contributed by atoms with van der Waals surface area (Å²) in [4.78, 5) is 35.0. The molecule has 0 radical (unpaired) electrons. The van der Waals surface area contributed by atoms with E-state index in [1.165, 1.54) is 6.92 Å². The number of carbonyl (C=O) groups excluding carboxylic acids is 3. The van der Waals surface area contributed by atoms with Crippen LogP contribution in [0.4, 0.5) is 18.0 Å². The average Bonchev–Trinajstić information content (AvgIpc) is 3.22. The zero-order valence-corrected chi connectivity index (χ0v) is 15.7. The predicted molar refractivity (Wildman–Crippen MR) is 97.4 cm³/mol. The molecule has 30 heavy (non-hydrogen) atoms. The zero-order valence-electron chi connectivity index (χ0n) is 15.7. The van der Waals surface area contributed by atoms with Crippen molar-refractivity contribution in [1.29, 1.82) is 0 Å². The lowest BCUT2D eigenvalue weighted by atomic mass is 9.95. The van der Waals surface area contributed by atoms with Gasteiger partial charge in [0.2, 0.25) is 0 Å². The first-order valence-corrected chi connectivity index (χ1v) is 9.18. The third-order valence-electron chi connectivity index (χ3n) is 5.24. The van der Waals surface area contributed by atoms with Crippen molar-refractivity contribution in [2.45, 2.75) is 38.0 Å². The van der Waals surface area contributed by atoms with Crippen LogP contribution in [-0.4, -0.2) is 23.9 Å². The Morgan fingerprint density at radius 2 is 1.93 bits per heavy atom. The number of aryl methyl sites for hydroxylation is 1. The van der Waals surface area contributed by atoms with Gasteiger partial charge in [0.05, 0.1) is 11.1 Å². The normalized spacial score (nSPS) is 20.5. The third kappa shape index (κ3) is 3.62. The van der Waals surface area contributed by atoms with Gasteiger partial charge in [-0.2, -0.15) is 13.2 Å². The van der Waals surface area contributed by atoms with Crippen molar-refractivity contribution < 1.29 is 37.0 Å². The Hall–Kier alpha value is -3.36. The van der Waals surface area contributed by atoms with Gasteiger partial charge in [-0.1, -0.05) is 6.07 Å². The van der Waals surface area contributed by atoms with Crippen LogP contribution in [0.2, 0.25) is 0 Å². The van der Waals surface area contributed by atoms with Gasteiger partial charge in [-0.05, 0) is 61.2 Å². The number of Topliss-reactive ketones (excluding diaryl/α,β-unsaturated/α-hetero) is 1. The minimum absolute atomic E-state index is 0.0223. The molecular formula is C21H16F3NO5. The van der Waals surface area contributed by atoms with Crippen LogP contribution in [0.15, 0.2) is 36.4 Å². The fraction of sp³-hybridized carbons (Fsp3) is 0.286. The quantitative estimate of drug-likeness (QED) is 0.745. The highest BCUT2D eigenvalue weighted by molar-refractivity contribution is 6.00. The van der Waals surface area contributed by atoms with Gasteiger partial charge in [-0.15, -0.1) is 0 Å². The number of fused-ring (bicyclic) bond motifs is 1. The topological polar surface area (TPSA) is 81.7 Å². The number of imide groups is 1. The lowest BCUT2D eigenvalue weighted by molar-refractivity contribution is -0.137. The minimum atomic E-state index is -4.57. The second-order valence-electron chi connectivity index (χ2n) is 7.19. The number of cyclic esters (lactones) is 1. The van der Waals surface area contributed by atoms with E-state index in [0.29, 0.717) is 18.6 Å². The van der Waals surface area contributed by atoms with E-state index in [9.17, 15) is 27.6 Å². The highest BCUT2D eigenvalue weighted by Crippen LogP contribution is 2.41. The average molecular weight is 419 g/mol. The molecule has 2 aromatic rings. The summed E-state index contributed by atoms with van der Waals surface area (Å²) < 4.78 is 49.6. The second kappa shape index (κ2) is 7.16. The molecule has 0 bridgehead atoms. The summed E-state index contributed by atoms with van der Waals surface area (Å²) in [6.07, 6.45) is -5.00. The smallest absolute Gasteiger partial charge is 0.416 e. The van der Waals surface area contributed by atoms with Crippen LogP contribution < -0.4 is 10.1 Å². The number of nitrogens with one attached hydrogen (secondary N) is 1. The fourth-order valence-corrected chi connectivity index (χ4v) is 3.84. The van der Waals surface area contributed by atoms with Gasteiger partial charge in [-0.25, -0.2) is 4.79 Å². The minimum Gasteiger partial charge on any atom is -0.457 e. The maximum atomic E-state index is 12.9. The van der Waals surface area contributed by atoms with E-state index in [0.717, 1.165) is 29.3 Å². The molecular weight excluding hydrogens is 403 g/mol. The molecule has 1 N–H and O–H groups in total. The van der Waals surface area contributed by atoms with Crippen LogP contribution in [0, 0.1) is 0 Å². The first-order valence-electron chi connectivity index (χ1n) is 9.18. The van der Waals surface area contributed by atoms with Crippen molar-refractivity contribution in [1.82, 2.24) is 5.32 Å². The molecule has 1 aliphatic heterocycles. The number of amides is 2. The number of benzene rings is 2. The van der Waals surface area contributed by atoms with E-state index in [4.69, 9.17) is 9.47 Å². The molecule has 9 heteroatoms. The van der Waals surface area contributed by atoms with Crippen molar-refractivity contribution in [3.05, 3.63) is 58.7 Å². The highest BCUT2D eigenvalue weighted by atomic mass is 19.4. The van der Waals surface area contributed by atoms with Crippen molar-refractivity contribution >= 4 is 17.8 Å². The molecule has 2 amide bonds. The van der Waals surface area contributed by atoms with Gasteiger partial charge in [-0.3, -0.25) is 14.9 Å². The Bertz CT molecular complexity index is 1060. The van der Waals surface area contributed by atoms with Gasteiger partial charge in [0.1, 0.15) is 11.5 Å². The Morgan fingerprint density at radius 1 is 1.17 bits per heavy atom. The Balaban J connectivity index is 1.60. The predicted octanol–water partition coefficient (Wildman–Crippen LogP) is 4.37. The van der Waals surface area contributed by atoms with Crippen molar-refractivity contribution in [3.8, 4) is 11.5 Å². The van der Waals surface area contributed by atoms with E-state index < -0.39 is 35.6 Å². The molecule has 2 atom stereocenters.